The molecule has 1 aliphatic heterocycles. The first-order valence-corrected chi connectivity index (χ1v) is 4.37. The monoisotopic (exact) mass is 160 g/mol. The summed E-state index contributed by atoms with van der Waals surface area (Å²) >= 11 is 0. The molecule has 0 aromatic carbocycles. The van der Waals surface area contributed by atoms with Gasteiger partial charge in [-0.3, -0.25) is 4.39 Å². The number of unbranched alkanes of at least 4 members (excludes halogenated alkanes) is 1. The summed E-state index contributed by atoms with van der Waals surface area (Å²) in [4.78, 5) is 0. The van der Waals surface area contributed by atoms with Gasteiger partial charge in [0.25, 0.3) is 0 Å². The Morgan fingerprint density at radius 3 is 2.73 bits per heavy atom. The van der Waals surface area contributed by atoms with Crippen molar-refractivity contribution in [2.75, 3.05) is 19.8 Å². The van der Waals surface area contributed by atoms with Crippen LogP contribution in [0.15, 0.2) is 0 Å². The van der Waals surface area contributed by atoms with E-state index < -0.39 is 0 Å². The molecule has 0 spiro atoms. The van der Waals surface area contributed by atoms with Gasteiger partial charge in [-0.25, -0.2) is 0 Å². The summed E-state index contributed by atoms with van der Waals surface area (Å²) in [5, 5.41) is 3.23. The first kappa shape index (κ1) is 8.94. The molecule has 0 aliphatic carbocycles. The molecule has 66 valence electrons. The van der Waals surface area contributed by atoms with Crippen molar-refractivity contribution in [3.05, 3.63) is 0 Å². The summed E-state index contributed by atoms with van der Waals surface area (Å²) in [5.41, 5.74) is 5.80. The fourth-order valence-electron chi connectivity index (χ4n) is 1.57. The Bertz CT molecular complexity index is 108. The molecule has 1 rings (SSSR count). The van der Waals surface area contributed by atoms with E-state index in [0.29, 0.717) is 18.4 Å². The Morgan fingerprint density at radius 1 is 1.36 bits per heavy atom. The van der Waals surface area contributed by atoms with E-state index in [1.54, 1.807) is 0 Å². The van der Waals surface area contributed by atoms with Crippen LogP contribution in [0.25, 0.3) is 0 Å². The number of rotatable bonds is 4. The van der Waals surface area contributed by atoms with Gasteiger partial charge in [0.2, 0.25) is 0 Å². The molecule has 1 saturated heterocycles. The van der Waals surface area contributed by atoms with Crippen LogP contribution in [0.2, 0.25) is 0 Å². The second-order valence-electron chi connectivity index (χ2n) is 3.27. The topological polar surface area (TPSA) is 38.0 Å². The van der Waals surface area contributed by atoms with Gasteiger partial charge in [-0.15, -0.1) is 0 Å². The molecule has 11 heavy (non-hydrogen) atoms. The van der Waals surface area contributed by atoms with Gasteiger partial charge in [-0.2, -0.15) is 0 Å². The van der Waals surface area contributed by atoms with Gasteiger partial charge in [-0.1, -0.05) is 6.42 Å². The Kier molecular flexibility index (Phi) is 3.80. The molecule has 3 N–H and O–H groups in total. The number of nitrogens with one attached hydrogen (secondary N) is 1. The van der Waals surface area contributed by atoms with E-state index in [2.05, 4.69) is 5.32 Å². The molecule has 1 heterocycles. The van der Waals surface area contributed by atoms with Crippen LogP contribution in [0.3, 0.4) is 0 Å². The van der Waals surface area contributed by atoms with E-state index in [0.717, 1.165) is 25.9 Å². The normalized spacial score (nSPS) is 31.1. The number of halogens is 1. The lowest BCUT2D eigenvalue weighted by Gasteiger charge is -2.12. The van der Waals surface area contributed by atoms with E-state index in [-0.39, 0.29) is 6.67 Å². The largest absolute Gasteiger partial charge is 0.326 e. The standard InChI is InChI=1S/C8H17FN2/c9-4-2-1-3-7-5-11-6-8(7)10/h7-8,11H,1-6,10H2/t7-,8+/m0/s1. The molecule has 3 heteroatoms. The first-order valence-electron chi connectivity index (χ1n) is 4.37. The van der Waals surface area contributed by atoms with Crippen LogP contribution in [-0.4, -0.2) is 25.8 Å². The smallest absolute Gasteiger partial charge is 0.0894 e. The van der Waals surface area contributed by atoms with Crippen LogP contribution < -0.4 is 11.1 Å². The molecule has 0 aromatic heterocycles. The minimum absolute atomic E-state index is 0.185. The Balaban J connectivity index is 2.05. The zero-order chi connectivity index (χ0) is 8.10. The lowest BCUT2D eigenvalue weighted by Crippen LogP contribution is -2.28. The summed E-state index contributed by atoms with van der Waals surface area (Å²) in [6, 6.07) is 0.301. The van der Waals surface area contributed by atoms with Crippen LogP contribution >= 0.6 is 0 Å². The third kappa shape index (κ3) is 2.75. The summed E-state index contributed by atoms with van der Waals surface area (Å²) in [6.45, 7) is 1.77. The van der Waals surface area contributed by atoms with E-state index in [4.69, 9.17) is 5.73 Å². The van der Waals surface area contributed by atoms with Crippen LogP contribution in [0.5, 0.6) is 0 Å². The minimum Gasteiger partial charge on any atom is -0.326 e. The quantitative estimate of drug-likeness (QED) is 0.593. The zero-order valence-electron chi connectivity index (χ0n) is 6.85. The number of alkyl halides is 1. The second-order valence-corrected chi connectivity index (χ2v) is 3.27. The fraction of sp³-hybridized carbons (Fsp3) is 1.00. The fourth-order valence-corrected chi connectivity index (χ4v) is 1.57. The highest BCUT2D eigenvalue weighted by Crippen LogP contribution is 2.14. The molecule has 0 amide bonds. The molecule has 0 unspecified atom stereocenters. The van der Waals surface area contributed by atoms with Crippen LogP contribution in [0.4, 0.5) is 4.39 Å². The summed E-state index contributed by atoms with van der Waals surface area (Å²) in [7, 11) is 0. The van der Waals surface area contributed by atoms with Crippen molar-refractivity contribution in [1.29, 1.82) is 0 Å². The predicted octanol–water partition coefficient (Wildman–Crippen LogP) is 0.673. The Morgan fingerprint density at radius 2 is 2.18 bits per heavy atom. The number of nitrogens with two attached hydrogens (primary N) is 1. The Hall–Kier alpha value is -0.150. The van der Waals surface area contributed by atoms with Gasteiger partial charge in [0, 0.05) is 12.6 Å². The van der Waals surface area contributed by atoms with Gasteiger partial charge in [-0.05, 0) is 25.3 Å². The van der Waals surface area contributed by atoms with Gasteiger partial charge in [0.1, 0.15) is 0 Å². The molecule has 2 nitrogen and oxygen atoms in total. The van der Waals surface area contributed by atoms with E-state index in [1.807, 2.05) is 0 Å². The maximum Gasteiger partial charge on any atom is 0.0894 e. The molecule has 1 aliphatic rings. The third-order valence-corrected chi connectivity index (χ3v) is 2.35. The van der Waals surface area contributed by atoms with Gasteiger partial charge in [0.15, 0.2) is 0 Å². The molecular weight excluding hydrogens is 143 g/mol. The highest BCUT2D eigenvalue weighted by atomic mass is 19.1. The lowest BCUT2D eigenvalue weighted by molar-refractivity contribution is 0.409. The SMILES string of the molecule is N[C@@H]1CNC[C@@H]1CCCCF. The van der Waals surface area contributed by atoms with E-state index >= 15 is 0 Å². The molecule has 0 saturated carbocycles. The molecule has 1 fully saturated rings. The van der Waals surface area contributed by atoms with Crippen molar-refractivity contribution in [3.8, 4) is 0 Å². The van der Waals surface area contributed by atoms with Crippen molar-refractivity contribution < 1.29 is 4.39 Å². The van der Waals surface area contributed by atoms with Crippen molar-refractivity contribution in [3.63, 3.8) is 0 Å². The number of hydrogen-bond donors (Lipinski definition) is 2. The Labute approximate surface area is 67.3 Å². The van der Waals surface area contributed by atoms with Crippen molar-refractivity contribution in [1.82, 2.24) is 5.32 Å². The van der Waals surface area contributed by atoms with Crippen molar-refractivity contribution >= 4 is 0 Å². The van der Waals surface area contributed by atoms with Crippen LogP contribution in [0, 0.1) is 5.92 Å². The third-order valence-electron chi connectivity index (χ3n) is 2.35. The van der Waals surface area contributed by atoms with Gasteiger partial charge in [0.05, 0.1) is 6.67 Å². The van der Waals surface area contributed by atoms with Gasteiger partial charge < -0.3 is 11.1 Å². The molecule has 0 radical (unpaired) electrons. The molecular formula is C8H17FN2. The highest BCUT2D eigenvalue weighted by Gasteiger charge is 2.22. The lowest BCUT2D eigenvalue weighted by atomic mass is 9.98. The molecule has 0 aromatic rings. The average molecular weight is 160 g/mol. The van der Waals surface area contributed by atoms with Crippen LogP contribution in [-0.2, 0) is 0 Å². The van der Waals surface area contributed by atoms with E-state index in [1.165, 1.54) is 0 Å². The van der Waals surface area contributed by atoms with Crippen molar-refractivity contribution in [2.45, 2.75) is 25.3 Å². The van der Waals surface area contributed by atoms with Gasteiger partial charge >= 0.3 is 0 Å². The molecule has 2 atom stereocenters. The maximum atomic E-state index is 11.7. The summed E-state index contributed by atoms with van der Waals surface area (Å²) in [6.07, 6.45) is 2.76. The predicted molar refractivity (Wildman–Crippen MR) is 44.2 cm³/mol. The average Bonchev–Trinajstić information content (AvgIpc) is 2.37. The summed E-state index contributed by atoms with van der Waals surface area (Å²) < 4.78 is 11.7. The van der Waals surface area contributed by atoms with Crippen LogP contribution in [0.1, 0.15) is 19.3 Å². The molecule has 0 bridgehead atoms. The number of hydrogen-bond acceptors (Lipinski definition) is 2. The van der Waals surface area contributed by atoms with Crippen molar-refractivity contribution in [2.24, 2.45) is 11.7 Å². The minimum atomic E-state index is -0.185. The second kappa shape index (κ2) is 4.67. The highest BCUT2D eigenvalue weighted by molar-refractivity contribution is 4.83. The summed E-state index contributed by atoms with van der Waals surface area (Å²) in [5.74, 6) is 0.585. The maximum absolute atomic E-state index is 11.7. The van der Waals surface area contributed by atoms with E-state index in [9.17, 15) is 4.39 Å². The zero-order valence-corrected chi connectivity index (χ0v) is 6.85. The first-order chi connectivity index (χ1) is 5.34.